The fraction of sp³-hybridized carbons (Fsp3) is 0.417. The van der Waals surface area contributed by atoms with E-state index in [-0.39, 0.29) is 20.2 Å². The molecule has 1 aliphatic rings. The maximum absolute atomic E-state index is 9.69. The number of methoxy groups -OCH3 is 2. The first kappa shape index (κ1) is 21.4. The van der Waals surface area contributed by atoms with Crippen LogP contribution in [0.3, 0.4) is 0 Å². The Bertz CT molecular complexity index is 726. The minimum Gasteiger partial charge on any atom is -0.468 e. The lowest BCUT2D eigenvalue weighted by Crippen LogP contribution is -2.13. The Balaban J connectivity index is 1.94. The second-order valence-electron chi connectivity index (χ2n) is 7.27. The minimum atomic E-state index is 0.231. The van der Waals surface area contributed by atoms with Gasteiger partial charge in [0.05, 0.1) is 0 Å². The first-order valence-corrected chi connectivity index (χ1v) is 10.0. The van der Waals surface area contributed by atoms with Gasteiger partial charge in [0.2, 0.25) is 0 Å². The Hall–Kier alpha value is -2.34. The lowest BCUT2D eigenvalue weighted by Gasteiger charge is -2.26. The van der Waals surface area contributed by atoms with Crippen LogP contribution in [0.25, 0.3) is 5.57 Å². The first-order chi connectivity index (χ1) is 14.2. The highest BCUT2D eigenvalue weighted by molar-refractivity contribution is 5.82. The van der Waals surface area contributed by atoms with Gasteiger partial charge < -0.3 is 24.1 Å². The molecule has 29 heavy (non-hydrogen) atoms. The Labute approximate surface area is 172 Å². The molecule has 0 spiro atoms. The molecule has 1 saturated carbocycles. The lowest BCUT2D eigenvalue weighted by molar-refractivity contribution is 0.0509. The van der Waals surface area contributed by atoms with E-state index >= 15 is 0 Å². The molecular formula is C24H30O5. The van der Waals surface area contributed by atoms with Gasteiger partial charge in [0.25, 0.3) is 0 Å². The fourth-order valence-electron chi connectivity index (χ4n) is 3.80. The van der Waals surface area contributed by atoms with Crippen LogP contribution in [0.15, 0.2) is 54.1 Å². The van der Waals surface area contributed by atoms with Gasteiger partial charge in [0, 0.05) is 20.8 Å². The molecule has 1 atom stereocenters. The molecule has 0 amide bonds. The van der Waals surface area contributed by atoms with Gasteiger partial charge in [-0.25, -0.2) is 0 Å². The van der Waals surface area contributed by atoms with E-state index in [1.54, 1.807) is 14.2 Å². The highest BCUT2D eigenvalue weighted by Crippen LogP contribution is 2.38. The van der Waals surface area contributed by atoms with Crippen molar-refractivity contribution in [2.24, 2.45) is 5.92 Å². The van der Waals surface area contributed by atoms with E-state index < -0.39 is 0 Å². The highest BCUT2D eigenvalue weighted by Gasteiger charge is 2.21. The number of hydrogen-bond donors (Lipinski definition) is 1. The third-order valence-corrected chi connectivity index (χ3v) is 5.21. The lowest BCUT2D eigenvalue weighted by atomic mass is 9.80. The van der Waals surface area contributed by atoms with Gasteiger partial charge in [-0.05, 0) is 72.6 Å². The van der Waals surface area contributed by atoms with Crippen molar-refractivity contribution in [1.82, 2.24) is 0 Å². The third kappa shape index (κ3) is 5.82. The van der Waals surface area contributed by atoms with E-state index in [0.717, 1.165) is 48.3 Å². The molecular weight excluding hydrogens is 368 g/mol. The van der Waals surface area contributed by atoms with Crippen molar-refractivity contribution >= 4 is 5.57 Å². The molecule has 1 unspecified atom stereocenters. The van der Waals surface area contributed by atoms with Crippen LogP contribution in [-0.2, 0) is 9.47 Å². The van der Waals surface area contributed by atoms with Crippen molar-refractivity contribution in [3.63, 3.8) is 0 Å². The topological polar surface area (TPSA) is 57.2 Å². The molecule has 0 heterocycles. The Morgan fingerprint density at radius 2 is 1.38 bits per heavy atom. The van der Waals surface area contributed by atoms with Gasteiger partial charge in [-0.15, -0.1) is 0 Å². The SMILES string of the molecule is COCOc1ccc(C(=C2CCCC(CO)C2)c2ccc(OCOC)cc2)cc1. The molecule has 0 bridgehead atoms. The first-order valence-electron chi connectivity index (χ1n) is 10.0. The summed E-state index contributed by atoms with van der Waals surface area (Å²) >= 11 is 0. The van der Waals surface area contributed by atoms with E-state index in [9.17, 15) is 5.11 Å². The van der Waals surface area contributed by atoms with Crippen LogP contribution >= 0.6 is 0 Å². The van der Waals surface area contributed by atoms with Gasteiger partial charge >= 0.3 is 0 Å². The van der Waals surface area contributed by atoms with Gasteiger partial charge in [0.1, 0.15) is 11.5 Å². The molecule has 3 rings (SSSR count). The van der Waals surface area contributed by atoms with Crippen LogP contribution in [0, 0.1) is 5.92 Å². The van der Waals surface area contributed by atoms with Gasteiger partial charge in [-0.2, -0.15) is 0 Å². The Morgan fingerprint density at radius 1 is 0.862 bits per heavy atom. The minimum absolute atomic E-state index is 0.231. The number of hydrogen-bond acceptors (Lipinski definition) is 5. The summed E-state index contributed by atoms with van der Waals surface area (Å²) in [6, 6.07) is 16.2. The number of aliphatic hydroxyl groups is 1. The summed E-state index contributed by atoms with van der Waals surface area (Å²) in [5.74, 6) is 1.89. The molecule has 5 nitrogen and oxygen atoms in total. The van der Waals surface area contributed by atoms with E-state index in [1.165, 1.54) is 11.1 Å². The normalized spacial score (nSPS) is 16.5. The van der Waals surface area contributed by atoms with Crippen molar-refractivity contribution in [2.75, 3.05) is 34.4 Å². The predicted octanol–water partition coefficient (Wildman–Crippen LogP) is 4.64. The average molecular weight is 398 g/mol. The predicted molar refractivity (Wildman–Crippen MR) is 113 cm³/mol. The zero-order valence-electron chi connectivity index (χ0n) is 17.2. The summed E-state index contributed by atoms with van der Waals surface area (Å²) in [5.41, 5.74) is 4.92. The fourth-order valence-corrected chi connectivity index (χ4v) is 3.80. The van der Waals surface area contributed by atoms with Crippen molar-refractivity contribution in [3.8, 4) is 11.5 Å². The molecule has 0 radical (unpaired) electrons. The van der Waals surface area contributed by atoms with E-state index in [2.05, 4.69) is 24.3 Å². The number of rotatable bonds is 9. The molecule has 2 aromatic carbocycles. The van der Waals surface area contributed by atoms with Crippen LogP contribution < -0.4 is 9.47 Å². The monoisotopic (exact) mass is 398 g/mol. The van der Waals surface area contributed by atoms with Crippen LogP contribution in [0.4, 0.5) is 0 Å². The van der Waals surface area contributed by atoms with E-state index in [4.69, 9.17) is 18.9 Å². The molecule has 5 heteroatoms. The van der Waals surface area contributed by atoms with Crippen molar-refractivity contribution in [2.45, 2.75) is 25.7 Å². The summed E-state index contributed by atoms with van der Waals surface area (Å²) in [7, 11) is 3.22. The number of aliphatic hydroxyl groups excluding tert-OH is 1. The second-order valence-corrected chi connectivity index (χ2v) is 7.27. The standard InChI is InChI=1S/C24H30O5/c1-26-16-28-22-10-6-19(7-11-22)24(21-5-3-4-18(14-21)15-25)20-8-12-23(13-9-20)29-17-27-2/h6-13,18,25H,3-5,14-17H2,1-2H3. The zero-order valence-corrected chi connectivity index (χ0v) is 17.2. The Kier molecular flexibility index (Phi) is 8.11. The van der Waals surface area contributed by atoms with Crippen LogP contribution in [0.1, 0.15) is 36.8 Å². The molecule has 1 fully saturated rings. The molecule has 156 valence electrons. The quantitative estimate of drug-likeness (QED) is 0.624. The number of benzene rings is 2. The number of ether oxygens (including phenoxy) is 4. The van der Waals surface area contributed by atoms with Gasteiger partial charge in [-0.1, -0.05) is 29.8 Å². The summed E-state index contributed by atoms with van der Waals surface area (Å²) in [6.07, 6.45) is 4.17. The molecule has 1 aliphatic carbocycles. The third-order valence-electron chi connectivity index (χ3n) is 5.21. The summed E-state index contributed by atoms with van der Waals surface area (Å²) in [4.78, 5) is 0. The summed E-state index contributed by atoms with van der Waals surface area (Å²) in [5, 5.41) is 9.69. The molecule has 0 aliphatic heterocycles. The van der Waals surface area contributed by atoms with Crippen molar-refractivity contribution in [3.05, 3.63) is 65.2 Å². The average Bonchev–Trinajstić information content (AvgIpc) is 2.78. The molecule has 0 saturated heterocycles. The zero-order chi connectivity index (χ0) is 20.5. The van der Waals surface area contributed by atoms with Gasteiger partial charge in [0.15, 0.2) is 13.6 Å². The highest BCUT2D eigenvalue weighted by atomic mass is 16.7. The van der Waals surface area contributed by atoms with Crippen molar-refractivity contribution < 1.29 is 24.1 Å². The van der Waals surface area contributed by atoms with E-state index in [0.29, 0.717) is 5.92 Å². The largest absolute Gasteiger partial charge is 0.468 e. The summed E-state index contributed by atoms with van der Waals surface area (Å²) < 4.78 is 21.0. The maximum Gasteiger partial charge on any atom is 0.188 e. The Morgan fingerprint density at radius 3 is 1.83 bits per heavy atom. The molecule has 1 N–H and O–H groups in total. The summed E-state index contributed by atoms with van der Waals surface area (Å²) in [6.45, 7) is 0.702. The maximum atomic E-state index is 9.69. The van der Waals surface area contributed by atoms with E-state index in [1.807, 2.05) is 24.3 Å². The van der Waals surface area contributed by atoms with Crippen molar-refractivity contribution in [1.29, 1.82) is 0 Å². The van der Waals surface area contributed by atoms with Crippen LogP contribution in [-0.4, -0.2) is 39.5 Å². The smallest absolute Gasteiger partial charge is 0.188 e. The second kappa shape index (κ2) is 11.0. The molecule has 0 aromatic heterocycles. The van der Waals surface area contributed by atoms with Crippen LogP contribution in [0.5, 0.6) is 11.5 Å². The number of allylic oxidation sites excluding steroid dienone is 1. The van der Waals surface area contributed by atoms with Crippen LogP contribution in [0.2, 0.25) is 0 Å². The van der Waals surface area contributed by atoms with Gasteiger partial charge in [-0.3, -0.25) is 0 Å². The molecule has 2 aromatic rings.